The number of terminal acetylenes is 1. The normalized spacial score (nSPS) is 14.8. The summed E-state index contributed by atoms with van der Waals surface area (Å²) in [6.45, 7) is 4.05. The monoisotopic (exact) mass is 376 g/mol. The largest absolute Gasteiger partial charge is 0.493 e. The average Bonchev–Trinajstić information content (AvgIpc) is 2.97. The Bertz CT molecular complexity index is 1020. The number of methoxy groups -OCH3 is 1. The molecule has 1 fully saturated rings. The van der Waals surface area contributed by atoms with Gasteiger partial charge in [-0.3, -0.25) is 15.0 Å². The van der Waals surface area contributed by atoms with E-state index >= 15 is 0 Å². The zero-order valence-electron chi connectivity index (χ0n) is 15.9. The molecule has 0 aromatic heterocycles. The first-order valence-electron chi connectivity index (χ1n) is 8.63. The molecule has 1 aliphatic rings. The standard InChI is InChI=1S/C22H20N2O4/c1-5-10-28-19-9-7-16(13-20(19)27-4)12-18-21(25)23-24(22(18)26)17-8-6-14(2)15(3)11-17/h1,6-9,11-13H,10H2,2-4H3,(H,23,25)/b18-12-. The van der Waals surface area contributed by atoms with E-state index in [-0.39, 0.29) is 12.2 Å². The van der Waals surface area contributed by atoms with E-state index in [9.17, 15) is 9.59 Å². The van der Waals surface area contributed by atoms with E-state index in [0.29, 0.717) is 22.7 Å². The maximum absolute atomic E-state index is 12.8. The van der Waals surface area contributed by atoms with Crippen molar-refractivity contribution in [2.45, 2.75) is 13.8 Å². The van der Waals surface area contributed by atoms with Crippen molar-refractivity contribution in [3.8, 4) is 23.8 Å². The van der Waals surface area contributed by atoms with Crippen molar-refractivity contribution in [3.63, 3.8) is 0 Å². The SMILES string of the molecule is C#CCOc1ccc(/C=C2/C(=O)NN(c3ccc(C)c(C)c3)C2=O)cc1OC. The lowest BCUT2D eigenvalue weighted by Crippen LogP contribution is -2.35. The highest BCUT2D eigenvalue weighted by Gasteiger charge is 2.34. The van der Waals surface area contributed by atoms with Gasteiger partial charge < -0.3 is 9.47 Å². The third-order valence-electron chi connectivity index (χ3n) is 4.45. The Labute approximate surface area is 163 Å². The van der Waals surface area contributed by atoms with E-state index in [4.69, 9.17) is 15.9 Å². The van der Waals surface area contributed by atoms with Crippen molar-refractivity contribution in [3.05, 3.63) is 58.7 Å². The predicted octanol–water partition coefficient (Wildman–Crippen LogP) is 2.79. The van der Waals surface area contributed by atoms with E-state index < -0.39 is 11.8 Å². The highest BCUT2D eigenvalue weighted by molar-refractivity contribution is 6.31. The van der Waals surface area contributed by atoms with Crippen LogP contribution in [0.5, 0.6) is 11.5 Å². The number of anilines is 1. The Morgan fingerprint density at radius 2 is 1.89 bits per heavy atom. The molecule has 28 heavy (non-hydrogen) atoms. The van der Waals surface area contributed by atoms with Crippen LogP contribution < -0.4 is 19.9 Å². The second-order valence-electron chi connectivity index (χ2n) is 6.31. The maximum Gasteiger partial charge on any atom is 0.282 e. The minimum absolute atomic E-state index is 0.0394. The molecule has 0 unspecified atom stereocenters. The minimum atomic E-state index is -0.463. The molecule has 2 aromatic rings. The molecule has 142 valence electrons. The molecular formula is C22H20N2O4. The number of nitrogens with zero attached hydrogens (tertiary/aromatic N) is 1. The van der Waals surface area contributed by atoms with Gasteiger partial charge in [0.15, 0.2) is 11.5 Å². The number of aryl methyl sites for hydroxylation is 2. The fraction of sp³-hybridized carbons (Fsp3) is 0.182. The Morgan fingerprint density at radius 3 is 2.57 bits per heavy atom. The summed E-state index contributed by atoms with van der Waals surface area (Å²) in [4.78, 5) is 25.1. The van der Waals surface area contributed by atoms with Crippen LogP contribution in [0.25, 0.3) is 6.08 Å². The molecule has 3 rings (SSSR count). The molecular weight excluding hydrogens is 356 g/mol. The Hall–Kier alpha value is -3.72. The Balaban J connectivity index is 1.90. The van der Waals surface area contributed by atoms with Crippen LogP contribution in [0.3, 0.4) is 0 Å². The molecule has 0 atom stereocenters. The van der Waals surface area contributed by atoms with Gasteiger partial charge in [0.05, 0.1) is 12.8 Å². The first-order valence-corrected chi connectivity index (χ1v) is 8.63. The summed E-state index contributed by atoms with van der Waals surface area (Å²) < 4.78 is 10.7. The number of hydrogen-bond acceptors (Lipinski definition) is 4. The van der Waals surface area contributed by atoms with Crippen molar-refractivity contribution in [2.24, 2.45) is 0 Å². The number of nitrogens with one attached hydrogen (secondary N) is 1. The van der Waals surface area contributed by atoms with Crippen LogP contribution in [0.2, 0.25) is 0 Å². The summed E-state index contributed by atoms with van der Waals surface area (Å²) in [5, 5.41) is 1.25. The van der Waals surface area contributed by atoms with Crippen molar-refractivity contribution in [1.29, 1.82) is 0 Å². The van der Waals surface area contributed by atoms with Crippen molar-refractivity contribution in [1.82, 2.24) is 5.43 Å². The lowest BCUT2D eigenvalue weighted by Gasteiger charge is -2.16. The van der Waals surface area contributed by atoms with E-state index in [1.54, 1.807) is 24.3 Å². The molecule has 6 nitrogen and oxygen atoms in total. The second-order valence-corrected chi connectivity index (χ2v) is 6.31. The molecule has 1 saturated heterocycles. The van der Waals surface area contributed by atoms with Crippen LogP contribution >= 0.6 is 0 Å². The summed E-state index contributed by atoms with van der Waals surface area (Å²) >= 11 is 0. The summed E-state index contributed by atoms with van der Waals surface area (Å²) in [6, 6.07) is 10.6. The van der Waals surface area contributed by atoms with Crippen LogP contribution in [-0.4, -0.2) is 25.5 Å². The predicted molar refractivity (Wildman–Crippen MR) is 107 cm³/mol. The van der Waals surface area contributed by atoms with Crippen LogP contribution in [0, 0.1) is 26.2 Å². The van der Waals surface area contributed by atoms with Gasteiger partial charge in [-0.15, -0.1) is 6.42 Å². The third-order valence-corrected chi connectivity index (χ3v) is 4.45. The molecule has 2 amide bonds. The number of carbonyl (C=O) groups excluding carboxylic acids is 2. The summed E-state index contributed by atoms with van der Waals surface area (Å²) in [5.41, 5.74) is 6.02. The van der Waals surface area contributed by atoms with Gasteiger partial charge in [-0.25, -0.2) is 5.01 Å². The van der Waals surface area contributed by atoms with Gasteiger partial charge in [0.2, 0.25) is 0 Å². The van der Waals surface area contributed by atoms with Crippen molar-refractivity contribution in [2.75, 3.05) is 18.7 Å². The number of hydrazine groups is 1. The topological polar surface area (TPSA) is 67.9 Å². The zero-order valence-corrected chi connectivity index (χ0v) is 15.9. The van der Waals surface area contributed by atoms with Crippen molar-refractivity contribution >= 4 is 23.6 Å². The number of rotatable bonds is 5. The molecule has 2 aromatic carbocycles. The first-order chi connectivity index (χ1) is 13.4. The third kappa shape index (κ3) is 3.69. The van der Waals surface area contributed by atoms with Crippen LogP contribution in [0.15, 0.2) is 42.0 Å². The summed E-state index contributed by atoms with van der Waals surface area (Å²) in [6.07, 6.45) is 6.72. The molecule has 6 heteroatoms. The molecule has 0 spiro atoms. The molecule has 1 N–H and O–H groups in total. The van der Waals surface area contributed by atoms with Gasteiger partial charge >= 0.3 is 0 Å². The number of carbonyl (C=O) groups is 2. The zero-order chi connectivity index (χ0) is 20.3. The Kier molecular flexibility index (Phi) is 5.37. The number of benzene rings is 2. The summed E-state index contributed by atoms with van der Waals surface area (Å²) in [7, 11) is 1.50. The van der Waals surface area contributed by atoms with Gasteiger partial charge in [0.25, 0.3) is 11.8 Å². The fourth-order valence-corrected chi connectivity index (χ4v) is 2.78. The quantitative estimate of drug-likeness (QED) is 0.495. The highest BCUT2D eigenvalue weighted by atomic mass is 16.5. The minimum Gasteiger partial charge on any atom is -0.493 e. The second kappa shape index (κ2) is 7.89. The van der Waals surface area contributed by atoms with Crippen LogP contribution in [-0.2, 0) is 9.59 Å². The average molecular weight is 376 g/mol. The molecule has 1 aliphatic heterocycles. The van der Waals surface area contributed by atoms with Gasteiger partial charge in [-0.05, 0) is 60.9 Å². The molecule has 0 aliphatic carbocycles. The van der Waals surface area contributed by atoms with Crippen LogP contribution in [0.1, 0.15) is 16.7 Å². The van der Waals surface area contributed by atoms with Gasteiger partial charge in [-0.2, -0.15) is 0 Å². The number of amides is 2. The number of hydrogen-bond donors (Lipinski definition) is 1. The lowest BCUT2D eigenvalue weighted by atomic mass is 10.1. The van der Waals surface area contributed by atoms with Gasteiger partial charge in [-0.1, -0.05) is 18.1 Å². The maximum atomic E-state index is 12.8. The first kappa shape index (κ1) is 19.1. The van der Waals surface area contributed by atoms with E-state index in [0.717, 1.165) is 11.1 Å². The van der Waals surface area contributed by atoms with Gasteiger partial charge in [0.1, 0.15) is 12.2 Å². The molecule has 0 radical (unpaired) electrons. The van der Waals surface area contributed by atoms with E-state index in [1.807, 2.05) is 26.0 Å². The van der Waals surface area contributed by atoms with Crippen LogP contribution in [0.4, 0.5) is 5.69 Å². The number of ether oxygens (including phenoxy) is 2. The van der Waals surface area contributed by atoms with Gasteiger partial charge in [0, 0.05) is 0 Å². The molecule has 0 saturated carbocycles. The highest BCUT2D eigenvalue weighted by Crippen LogP contribution is 2.30. The van der Waals surface area contributed by atoms with E-state index in [2.05, 4.69) is 11.3 Å². The fourth-order valence-electron chi connectivity index (χ4n) is 2.78. The Morgan fingerprint density at radius 1 is 1.11 bits per heavy atom. The summed E-state index contributed by atoms with van der Waals surface area (Å²) in [5.74, 6) is 2.45. The lowest BCUT2D eigenvalue weighted by molar-refractivity contribution is -0.117. The van der Waals surface area contributed by atoms with Crippen molar-refractivity contribution < 1.29 is 19.1 Å². The smallest absolute Gasteiger partial charge is 0.282 e. The van der Waals surface area contributed by atoms with E-state index in [1.165, 1.54) is 18.2 Å². The molecule has 1 heterocycles. The molecule has 0 bridgehead atoms.